The SMILES string of the molecule is Cc1c(C)c2cc(Cl)c(OC(C)C(=O)N3CCC(CCO)CC3)cc2oc1=O. The van der Waals surface area contributed by atoms with Crippen LogP contribution in [-0.4, -0.2) is 41.7 Å². The van der Waals surface area contributed by atoms with Crippen LogP contribution in [0, 0.1) is 19.8 Å². The van der Waals surface area contributed by atoms with Crippen LogP contribution < -0.4 is 10.4 Å². The molecule has 1 N–H and O–H groups in total. The fourth-order valence-corrected chi connectivity index (χ4v) is 3.86. The molecule has 0 aliphatic carbocycles. The molecule has 1 aliphatic rings. The fourth-order valence-electron chi connectivity index (χ4n) is 3.66. The number of rotatable bonds is 5. The van der Waals surface area contributed by atoms with E-state index in [4.69, 9.17) is 25.9 Å². The van der Waals surface area contributed by atoms with Gasteiger partial charge in [-0.3, -0.25) is 4.79 Å². The van der Waals surface area contributed by atoms with E-state index in [9.17, 15) is 9.59 Å². The summed E-state index contributed by atoms with van der Waals surface area (Å²) >= 11 is 6.36. The van der Waals surface area contributed by atoms with Crippen LogP contribution in [-0.2, 0) is 4.79 Å². The summed E-state index contributed by atoms with van der Waals surface area (Å²) in [6, 6.07) is 3.28. The number of fused-ring (bicyclic) bond motifs is 1. The van der Waals surface area contributed by atoms with Gasteiger partial charge in [0.05, 0.1) is 5.02 Å². The molecule has 152 valence electrons. The van der Waals surface area contributed by atoms with E-state index in [0.717, 1.165) is 30.2 Å². The molecular weight excluding hydrogens is 382 g/mol. The number of hydrogen-bond donors (Lipinski definition) is 1. The van der Waals surface area contributed by atoms with Gasteiger partial charge in [0.25, 0.3) is 5.91 Å². The zero-order valence-electron chi connectivity index (χ0n) is 16.5. The number of aryl methyl sites for hydroxylation is 1. The monoisotopic (exact) mass is 407 g/mol. The van der Waals surface area contributed by atoms with Crippen molar-refractivity contribution >= 4 is 28.5 Å². The first-order valence-electron chi connectivity index (χ1n) is 9.61. The smallest absolute Gasteiger partial charge is 0.339 e. The molecule has 2 heterocycles. The Balaban J connectivity index is 1.75. The second kappa shape index (κ2) is 8.53. The minimum absolute atomic E-state index is 0.0971. The van der Waals surface area contributed by atoms with Gasteiger partial charge in [0.2, 0.25) is 0 Å². The molecule has 1 amide bonds. The first kappa shape index (κ1) is 20.7. The summed E-state index contributed by atoms with van der Waals surface area (Å²) in [7, 11) is 0. The quantitative estimate of drug-likeness (QED) is 0.768. The fraction of sp³-hybridized carbons (Fsp3) is 0.524. The number of benzene rings is 1. The molecule has 6 nitrogen and oxygen atoms in total. The zero-order chi connectivity index (χ0) is 20.4. The van der Waals surface area contributed by atoms with Crippen LogP contribution in [0.2, 0.25) is 5.02 Å². The largest absolute Gasteiger partial charge is 0.479 e. The summed E-state index contributed by atoms with van der Waals surface area (Å²) in [5.41, 5.74) is 1.35. The maximum atomic E-state index is 12.7. The highest BCUT2D eigenvalue weighted by Crippen LogP contribution is 2.32. The number of carbonyl (C=O) groups is 1. The lowest BCUT2D eigenvalue weighted by atomic mass is 9.94. The van der Waals surface area contributed by atoms with Gasteiger partial charge in [0, 0.05) is 36.7 Å². The number of nitrogens with zero attached hydrogens (tertiary/aromatic N) is 1. The summed E-state index contributed by atoms with van der Waals surface area (Å²) in [6.07, 6.45) is 1.85. The second-order valence-corrected chi connectivity index (χ2v) is 7.87. The van der Waals surface area contributed by atoms with E-state index < -0.39 is 11.7 Å². The van der Waals surface area contributed by atoms with Gasteiger partial charge in [-0.2, -0.15) is 0 Å². The first-order chi connectivity index (χ1) is 13.3. The molecule has 1 aromatic heterocycles. The molecular formula is C21H26ClNO5. The van der Waals surface area contributed by atoms with Crippen LogP contribution >= 0.6 is 11.6 Å². The predicted molar refractivity (Wildman–Crippen MR) is 108 cm³/mol. The number of aliphatic hydroxyl groups is 1. The van der Waals surface area contributed by atoms with Gasteiger partial charge in [-0.15, -0.1) is 0 Å². The van der Waals surface area contributed by atoms with E-state index in [1.54, 1.807) is 30.9 Å². The van der Waals surface area contributed by atoms with Crippen molar-refractivity contribution in [3.05, 3.63) is 38.7 Å². The molecule has 7 heteroatoms. The minimum Gasteiger partial charge on any atom is -0.479 e. The van der Waals surface area contributed by atoms with Crippen molar-refractivity contribution in [3.63, 3.8) is 0 Å². The van der Waals surface area contributed by atoms with Gasteiger partial charge in [-0.05, 0) is 57.6 Å². The molecule has 0 saturated carbocycles. The Labute approximate surface area is 169 Å². The Bertz CT molecular complexity index is 931. The summed E-state index contributed by atoms with van der Waals surface area (Å²) in [5, 5.41) is 10.2. The third-order valence-electron chi connectivity index (χ3n) is 5.62. The molecule has 1 atom stereocenters. The van der Waals surface area contributed by atoms with Crippen LogP contribution in [0.25, 0.3) is 11.0 Å². The van der Waals surface area contributed by atoms with Crippen LogP contribution in [0.3, 0.4) is 0 Å². The normalized spacial score (nSPS) is 16.4. The summed E-state index contributed by atoms with van der Waals surface area (Å²) in [4.78, 5) is 26.5. The predicted octanol–water partition coefficient (Wildman–Crippen LogP) is 3.45. The molecule has 3 rings (SSSR count). The lowest BCUT2D eigenvalue weighted by Crippen LogP contribution is -2.44. The topological polar surface area (TPSA) is 80.0 Å². The van der Waals surface area contributed by atoms with E-state index >= 15 is 0 Å². The highest BCUT2D eigenvalue weighted by molar-refractivity contribution is 6.32. The van der Waals surface area contributed by atoms with Crippen molar-refractivity contribution in [1.29, 1.82) is 0 Å². The Kier molecular flexibility index (Phi) is 6.30. The van der Waals surface area contributed by atoms with Crippen LogP contribution in [0.4, 0.5) is 0 Å². The summed E-state index contributed by atoms with van der Waals surface area (Å²) < 4.78 is 11.2. The number of carbonyl (C=O) groups excluding carboxylic acids is 1. The second-order valence-electron chi connectivity index (χ2n) is 7.46. The zero-order valence-corrected chi connectivity index (χ0v) is 17.2. The number of piperidine rings is 1. The van der Waals surface area contributed by atoms with Gasteiger partial charge in [0.1, 0.15) is 11.3 Å². The third-order valence-corrected chi connectivity index (χ3v) is 5.92. The van der Waals surface area contributed by atoms with Crippen LogP contribution in [0.15, 0.2) is 21.3 Å². The Morgan fingerprint density at radius 3 is 2.64 bits per heavy atom. The highest BCUT2D eigenvalue weighted by atomic mass is 35.5. The Morgan fingerprint density at radius 2 is 2.00 bits per heavy atom. The lowest BCUT2D eigenvalue weighted by Gasteiger charge is -2.33. The Morgan fingerprint density at radius 1 is 1.32 bits per heavy atom. The molecule has 1 unspecified atom stereocenters. The van der Waals surface area contributed by atoms with E-state index in [-0.39, 0.29) is 12.5 Å². The molecule has 0 radical (unpaired) electrons. The maximum absolute atomic E-state index is 12.7. The number of ether oxygens (including phenoxy) is 1. The van der Waals surface area contributed by atoms with Gasteiger partial charge in [0.15, 0.2) is 6.10 Å². The van der Waals surface area contributed by atoms with Crippen molar-refractivity contribution in [3.8, 4) is 5.75 Å². The number of likely N-dealkylation sites (tertiary alicyclic amines) is 1. The maximum Gasteiger partial charge on any atom is 0.339 e. The number of halogens is 1. The van der Waals surface area contributed by atoms with Crippen molar-refractivity contribution in [2.75, 3.05) is 19.7 Å². The number of hydrogen-bond acceptors (Lipinski definition) is 5. The molecule has 0 bridgehead atoms. The average molecular weight is 408 g/mol. The van der Waals surface area contributed by atoms with Crippen molar-refractivity contribution in [2.45, 2.75) is 46.1 Å². The molecule has 1 aliphatic heterocycles. The van der Waals surface area contributed by atoms with Crippen molar-refractivity contribution in [2.24, 2.45) is 5.92 Å². The van der Waals surface area contributed by atoms with Crippen LogP contribution in [0.5, 0.6) is 5.75 Å². The molecule has 1 aromatic carbocycles. The standard InChI is InChI=1S/C21H26ClNO5/c1-12-13(2)21(26)28-18-11-19(17(22)10-16(12)18)27-14(3)20(25)23-7-4-15(5-8-23)6-9-24/h10-11,14-15,24H,4-9H2,1-3H3. The minimum atomic E-state index is -0.706. The highest BCUT2D eigenvalue weighted by Gasteiger charge is 2.27. The van der Waals surface area contributed by atoms with E-state index in [2.05, 4.69) is 0 Å². The third kappa shape index (κ3) is 4.18. The van der Waals surface area contributed by atoms with E-state index in [0.29, 0.717) is 40.9 Å². The molecule has 1 saturated heterocycles. The van der Waals surface area contributed by atoms with Crippen molar-refractivity contribution in [1.82, 2.24) is 4.90 Å². The van der Waals surface area contributed by atoms with Crippen molar-refractivity contribution < 1.29 is 19.1 Å². The molecule has 28 heavy (non-hydrogen) atoms. The van der Waals surface area contributed by atoms with E-state index in [1.165, 1.54) is 0 Å². The van der Waals surface area contributed by atoms with Gasteiger partial charge in [-0.1, -0.05) is 11.6 Å². The Hall–Kier alpha value is -2.05. The molecule has 2 aromatic rings. The van der Waals surface area contributed by atoms with Gasteiger partial charge in [-0.25, -0.2) is 4.79 Å². The number of aliphatic hydroxyl groups excluding tert-OH is 1. The van der Waals surface area contributed by atoms with E-state index in [1.807, 2.05) is 6.92 Å². The van der Waals surface area contributed by atoms with Crippen LogP contribution in [0.1, 0.15) is 37.3 Å². The van der Waals surface area contributed by atoms with Gasteiger partial charge >= 0.3 is 5.63 Å². The number of amides is 1. The summed E-state index contributed by atoms with van der Waals surface area (Å²) in [5.74, 6) is 0.687. The molecule has 0 spiro atoms. The average Bonchev–Trinajstić information content (AvgIpc) is 2.68. The lowest BCUT2D eigenvalue weighted by molar-refractivity contribution is -0.139. The summed E-state index contributed by atoms with van der Waals surface area (Å²) in [6.45, 7) is 6.76. The molecule has 1 fully saturated rings. The first-order valence-corrected chi connectivity index (χ1v) is 9.99. The van der Waals surface area contributed by atoms with Gasteiger partial charge < -0.3 is 19.2 Å².